The number of ether oxygens (including phenoxy) is 1. The number of aromatic nitrogens is 3. The van der Waals surface area contributed by atoms with E-state index in [2.05, 4.69) is 36.4 Å². The van der Waals surface area contributed by atoms with Gasteiger partial charge in [-0.05, 0) is 43.9 Å². The first-order valence-corrected chi connectivity index (χ1v) is 16.5. The average molecular weight is 720 g/mol. The highest BCUT2D eigenvalue weighted by molar-refractivity contribution is 5.96. The zero-order valence-corrected chi connectivity index (χ0v) is 28.6. The van der Waals surface area contributed by atoms with Crippen LogP contribution in [0, 0.1) is 0 Å². The molecule has 1 aliphatic heterocycles. The Bertz CT molecular complexity index is 1790. The van der Waals surface area contributed by atoms with Crippen LogP contribution in [-0.2, 0) is 32.0 Å². The Kier molecular flexibility index (Phi) is 14.4. The minimum atomic E-state index is -1.22. The molecule has 4 atom stereocenters. The highest BCUT2D eigenvalue weighted by atomic mass is 16.5. The van der Waals surface area contributed by atoms with Crippen molar-refractivity contribution in [1.29, 1.82) is 0 Å². The van der Waals surface area contributed by atoms with Crippen LogP contribution in [0.1, 0.15) is 66.5 Å². The van der Waals surface area contributed by atoms with Crippen LogP contribution in [0.4, 0.5) is 0 Å². The van der Waals surface area contributed by atoms with Gasteiger partial charge < -0.3 is 45.2 Å². The maximum Gasteiger partial charge on any atom is 0.290 e. The SMILES string of the molecule is COc1ccccc1-c1noc(CCC(=O)N[C@H]2CCCCNC(=O)C([C@@H](C)O)NC(=O)c3coc(n3)[C@H](Cc3ccccc3)NC2=O)n1.O=CO. The minimum absolute atomic E-state index is 0.0280. The molecule has 52 heavy (non-hydrogen) atoms. The number of nitrogens with one attached hydrogen (secondary N) is 4. The van der Waals surface area contributed by atoms with Gasteiger partial charge in [-0.2, -0.15) is 4.98 Å². The van der Waals surface area contributed by atoms with Crippen molar-refractivity contribution in [2.45, 2.75) is 69.7 Å². The van der Waals surface area contributed by atoms with Gasteiger partial charge in [0.15, 0.2) is 5.69 Å². The first-order valence-electron chi connectivity index (χ1n) is 16.5. The largest absolute Gasteiger partial charge is 0.496 e. The summed E-state index contributed by atoms with van der Waals surface area (Å²) in [6, 6.07) is 13.6. The lowest BCUT2D eigenvalue weighted by molar-refractivity contribution is -0.129. The molecule has 17 heteroatoms. The Morgan fingerprint density at radius 3 is 2.52 bits per heavy atom. The number of benzene rings is 2. The number of hydrogen-bond acceptors (Lipinski definition) is 12. The fraction of sp³-hybridized carbons (Fsp3) is 0.371. The van der Waals surface area contributed by atoms with Gasteiger partial charge in [0.2, 0.25) is 35.3 Å². The van der Waals surface area contributed by atoms with E-state index >= 15 is 0 Å². The van der Waals surface area contributed by atoms with E-state index in [1.165, 1.54) is 6.92 Å². The average Bonchev–Trinajstić information content (AvgIpc) is 3.83. The highest BCUT2D eigenvalue weighted by Crippen LogP contribution is 2.27. The molecule has 1 aliphatic rings. The summed E-state index contributed by atoms with van der Waals surface area (Å²) in [4.78, 5) is 69.8. The Balaban J connectivity index is 0.00000195. The summed E-state index contributed by atoms with van der Waals surface area (Å²) < 4.78 is 16.4. The number of aliphatic hydroxyl groups is 1. The molecule has 17 nitrogen and oxygen atoms in total. The van der Waals surface area contributed by atoms with Crippen LogP contribution in [-0.4, -0.2) is 87.3 Å². The third-order valence-electron chi connectivity index (χ3n) is 7.96. The highest BCUT2D eigenvalue weighted by Gasteiger charge is 2.30. The van der Waals surface area contributed by atoms with E-state index in [9.17, 15) is 24.3 Å². The number of aryl methyl sites for hydroxylation is 1. The van der Waals surface area contributed by atoms with E-state index in [0.29, 0.717) is 30.0 Å². The molecular formula is C35H41N7O10. The summed E-state index contributed by atoms with van der Waals surface area (Å²) in [5, 5.41) is 32.1. The van der Waals surface area contributed by atoms with Crippen LogP contribution < -0.4 is 26.0 Å². The second-order valence-electron chi connectivity index (χ2n) is 11.7. The van der Waals surface area contributed by atoms with Crippen molar-refractivity contribution in [3.8, 4) is 17.1 Å². The summed E-state index contributed by atoms with van der Waals surface area (Å²) in [5.74, 6) is -0.970. The number of nitrogens with zero attached hydrogens (tertiary/aromatic N) is 3. The molecule has 2 aromatic carbocycles. The fourth-order valence-corrected chi connectivity index (χ4v) is 5.34. The molecule has 276 valence electrons. The maximum atomic E-state index is 13.8. The number of aliphatic hydroxyl groups excluding tert-OH is 1. The molecule has 4 aromatic rings. The summed E-state index contributed by atoms with van der Waals surface area (Å²) in [6.45, 7) is 1.37. The molecule has 0 fully saturated rings. The summed E-state index contributed by atoms with van der Waals surface area (Å²) >= 11 is 0. The Hall–Kier alpha value is -6.10. The van der Waals surface area contributed by atoms with Crippen molar-refractivity contribution in [3.63, 3.8) is 0 Å². The van der Waals surface area contributed by atoms with Crippen LogP contribution >= 0.6 is 0 Å². The first-order chi connectivity index (χ1) is 25.1. The molecule has 0 aliphatic carbocycles. The van der Waals surface area contributed by atoms with Gasteiger partial charge in [0.05, 0.1) is 18.8 Å². The van der Waals surface area contributed by atoms with Gasteiger partial charge in [0.1, 0.15) is 30.1 Å². The molecule has 0 saturated heterocycles. The second-order valence-corrected chi connectivity index (χ2v) is 11.7. The monoisotopic (exact) mass is 719 g/mol. The number of methoxy groups -OCH3 is 1. The van der Waals surface area contributed by atoms with E-state index in [4.69, 9.17) is 23.6 Å². The van der Waals surface area contributed by atoms with E-state index in [-0.39, 0.29) is 56.2 Å². The molecule has 2 aromatic heterocycles. The fourth-order valence-electron chi connectivity index (χ4n) is 5.34. The number of rotatable bonds is 9. The second kappa shape index (κ2) is 19.3. The smallest absolute Gasteiger partial charge is 0.290 e. The summed E-state index contributed by atoms with van der Waals surface area (Å²) in [6.07, 6.45) is 1.52. The van der Waals surface area contributed by atoms with Crippen LogP contribution in [0.2, 0.25) is 0 Å². The van der Waals surface area contributed by atoms with Crippen molar-refractivity contribution in [2.75, 3.05) is 13.7 Å². The molecule has 0 saturated carbocycles. The predicted molar refractivity (Wildman–Crippen MR) is 183 cm³/mol. The van der Waals surface area contributed by atoms with Crippen molar-refractivity contribution in [2.24, 2.45) is 0 Å². The summed E-state index contributed by atoms with van der Waals surface area (Å²) in [7, 11) is 1.54. The van der Waals surface area contributed by atoms with Gasteiger partial charge in [0, 0.05) is 25.8 Å². The number of fused-ring (bicyclic) bond motifs is 2. The number of carboxylic acid groups (broad SMARTS) is 1. The Labute approximate surface area is 298 Å². The lowest BCUT2D eigenvalue weighted by atomic mass is 10.0. The topological polar surface area (TPSA) is 248 Å². The van der Waals surface area contributed by atoms with Gasteiger partial charge in [0.25, 0.3) is 12.4 Å². The normalized spacial score (nSPS) is 18.8. The van der Waals surface area contributed by atoms with Gasteiger partial charge in [-0.1, -0.05) is 47.6 Å². The predicted octanol–water partition coefficient (Wildman–Crippen LogP) is 1.73. The first kappa shape index (κ1) is 38.7. The quantitative estimate of drug-likeness (QED) is 0.135. The lowest BCUT2D eigenvalue weighted by Crippen LogP contribution is -2.52. The third kappa shape index (κ3) is 10.9. The van der Waals surface area contributed by atoms with E-state index in [1.807, 2.05) is 42.5 Å². The zero-order chi connectivity index (χ0) is 37.5. The van der Waals surface area contributed by atoms with E-state index in [0.717, 1.165) is 11.8 Å². The molecule has 0 radical (unpaired) electrons. The van der Waals surface area contributed by atoms with Crippen molar-refractivity contribution in [3.05, 3.63) is 83.9 Å². The van der Waals surface area contributed by atoms with Crippen LogP contribution in [0.25, 0.3) is 11.4 Å². The summed E-state index contributed by atoms with van der Waals surface area (Å²) in [5.41, 5.74) is 1.38. The minimum Gasteiger partial charge on any atom is -0.496 e. The van der Waals surface area contributed by atoms with E-state index in [1.54, 1.807) is 19.2 Å². The zero-order valence-electron chi connectivity index (χ0n) is 28.6. The van der Waals surface area contributed by atoms with Crippen molar-refractivity contribution < 1.29 is 47.9 Å². The van der Waals surface area contributed by atoms with Crippen molar-refractivity contribution in [1.82, 2.24) is 36.4 Å². The lowest BCUT2D eigenvalue weighted by Gasteiger charge is -2.23. The van der Waals surface area contributed by atoms with Crippen molar-refractivity contribution >= 4 is 30.1 Å². The number of amides is 4. The number of oxazole rings is 1. The van der Waals surface area contributed by atoms with Gasteiger partial charge in [-0.15, -0.1) is 0 Å². The van der Waals surface area contributed by atoms with Crippen LogP contribution in [0.15, 0.2) is 69.8 Å². The number of para-hydroxylation sites is 1. The molecule has 0 spiro atoms. The maximum absolute atomic E-state index is 13.8. The van der Waals surface area contributed by atoms with Gasteiger partial charge in [-0.25, -0.2) is 4.98 Å². The van der Waals surface area contributed by atoms with Gasteiger partial charge in [-0.3, -0.25) is 24.0 Å². The van der Waals surface area contributed by atoms with Crippen LogP contribution in [0.5, 0.6) is 5.75 Å². The molecule has 1 unspecified atom stereocenters. The third-order valence-corrected chi connectivity index (χ3v) is 7.96. The Morgan fingerprint density at radius 2 is 1.79 bits per heavy atom. The molecule has 2 bridgehead atoms. The van der Waals surface area contributed by atoms with Crippen LogP contribution in [0.3, 0.4) is 0 Å². The molecule has 6 N–H and O–H groups in total. The molecule has 4 amide bonds. The Morgan fingerprint density at radius 1 is 1.06 bits per heavy atom. The van der Waals surface area contributed by atoms with E-state index < -0.39 is 47.9 Å². The number of carbonyl (C=O) groups excluding carboxylic acids is 4. The van der Waals surface area contributed by atoms with Gasteiger partial charge >= 0.3 is 0 Å². The molecule has 3 heterocycles. The molecule has 5 rings (SSSR count). The number of hydrogen-bond donors (Lipinski definition) is 6. The molecular weight excluding hydrogens is 678 g/mol. The number of carbonyl (C=O) groups is 5. The standard InChI is InChI=1S/C34H39N7O8.CH2O2/c1-20(42)29-33(46)35-17-9-8-13-23(36-27(43)15-16-28-39-30(41-49-28)22-12-6-7-14-26(22)47-2)31(44)37-24(18-21-10-4-3-5-11-21)34-38-25(19-48-34)32(45)40-29;2-1-3/h3-7,10-12,14,19-20,23-24,29,42H,8-9,13,15-18H2,1-2H3,(H,35,46)(H,36,43)(H,37,44)(H,40,45);1H,(H,2,3)/t20-,23+,24+,29?;/m1./s1.